The summed E-state index contributed by atoms with van der Waals surface area (Å²) in [6.07, 6.45) is 3.35. The Morgan fingerprint density at radius 3 is 2.55 bits per heavy atom. The van der Waals surface area contributed by atoms with Crippen molar-refractivity contribution in [3.8, 4) is 0 Å². The van der Waals surface area contributed by atoms with Crippen molar-refractivity contribution in [3.63, 3.8) is 0 Å². The number of carbonyl (C=O) groups is 1. The fourth-order valence-electron chi connectivity index (χ4n) is 2.53. The van der Waals surface area contributed by atoms with Gasteiger partial charge in [-0.25, -0.2) is 14.8 Å². The molecule has 2 rings (SSSR count). The van der Waals surface area contributed by atoms with Crippen LogP contribution >= 0.6 is 0 Å². The van der Waals surface area contributed by atoms with E-state index in [-0.39, 0.29) is 6.09 Å². The number of anilines is 1. The van der Waals surface area contributed by atoms with Crippen LogP contribution in [0.1, 0.15) is 39.3 Å². The van der Waals surface area contributed by atoms with Crippen LogP contribution in [-0.4, -0.2) is 52.7 Å². The summed E-state index contributed by atoms with van der Waals surface area (Å²) in [4.78, 5) is 24.8. The van der Waals surface area contributed by atoms with Gasteiger partial charge in [-0.05, 0) is 46.6 Å². The van der Waals surface area contributed by atoms with Crippen molar-refractivity contribution >= 4 is 12.0 Å². The first-order chi connectivity index (χ1) is 10.3. The van der Waals surface area contributed by atoms with Crippen LogP contribution < -0.4 is 4.90 Å². The first-order valence-electron chi connectivity index (χ1n) is 7.76. The Labute approximate surface area is 132 Å². The average molecular weight is 306 g/mol. The van der Waals surface area contributed by atoms with E-state index in [1.54, 1.807) is 11.1 Å². The molecule has 1 saturated heterocycles. The Kier molecular flexibility index (Phi) is 4.88. The zero-order valence-electron chi connectivity index (χ0n) is 14.2. The Morgan fingerprint density at radius 2 is 2.00 bits per heavy atom. The van der Waals surface area contributed by atoms with E-state index in [0.717, 1.165) is 24.5 Å². The number of carbonyl (C=O) groups excluding carboxylic acids is 1. The summed E-state index contributed by atoms with van der Waals surface area (Å²) in [5.41, 5.74) is 0.517. The maximum atomic E-state index is 12.1. The molecule has 0 spiro atoms. The van der Waals surface area contributed by atoms with E-state index in [2.05, 4.69) is 14.9 Å². The number of piperidine rings is 1. The van der Waals surface area contributed by atoms with Crippen LogP contribution in [-0.2, 0) is 4.74 Å². The van der Waals surface area contributed by atoms with Crippen LogP contribution in [0.25, 0.3) is 0 Å². The van der Waals surface area contributed by atoms with Gasteiger partial charge in [0.1, 0.15) is 5.60 Å². The molecule has 1 aliphatic heterocycles. The quantitative estimate of drug-likeness (QED) is 0.840. The summed E-state index contributed by atoms with van der Waals surface area (Å²) in [6, 6.07) is 2.24. The number of aryl methyl sites for hydroxylation is 1. The molecule has 0 aromatic carbocycles. The Morgan fingerprint density at radius 1 is 1.36 bits per heavy atom. The monoisotopic (exact) mass is 306 g/mol. The molecule has 0 aliphatic carbocycles. The number of rotatable bonds is 2. The van der Waals surface area contributed by atoms with Crippen LogP contribution in [0.4, 0.5) is 10.7 Å². The maximum absolute atomic E-state index is 12.1. The molecule has 0 unspecified atom stereocenters. The van der Waals surface area contributed by atoms with E-state index in [9.17, 15) is 4.79 Å². The molecule has 0 radical (unpaired) electrons. The summed E-state index contributed by atoms with van der Waals surface area (Å²) >= 11 is 0. The Bertz CT molecular complexity index is 519. The third-order valence-corrected chi connectivity index (χ3v) is 3.76. The van der Waals surface area contributed by atoms with Crippen molar-refractivity contribution in [1.29, 1.82) is 0 Å². The van der Waals surface area contributed by atoms with Crippen molar-refractivity contribution in [1.82, 2.24) is 14.9 Å². The largest absolute Gasteiger partial charge is 0.444 e. The lowest BCUT2D eigenvalue weighted by atomic mass is 10.0. The summed E-state index contributed by atoms with van der Waals surface area (Å²) in [5, 5.41) is 0. The second-order valence-electron chi connectivity index (χ2n) is 6.81. The second kappa shape index (κ2) is 6.50. The molecule has 22 heavy (non-hydrogen) atoms. The van der Waals surface area contributed by atoms with Gasteiger partial charge in [-0.15, -0.1) is 0 Å². The number of nitrogens with zero attached hydrogens (tertiary/aromatic N) is 4. The van der Waals surface area contributed by atoms with Crippen molar-refractivity contribution in [3.05, 3.63) is 18.0 Å². The molecular formula is C16H26N4O2. The maximum Gasteiger partial charge on any atom is 0.410 e. The number of hydrogen-bond acceptors (Lipinski definition) is 5. The third kappa shape index (κ3) is 4.32. The molecule has 0 saturated carbocycles. The van der Waals surface area contributed by atoms with E-state index in [1.807, 2.05) is 40.8 Å². The number of likely N-dealkylation sites (tertiary alicyclic amines) is 1. The molecule has 1 fully saturated rings. The highest BCUT2D eigenvalue weighted by Gasteiger charge is 2.29. The van der Waals surface area contributed by atoms with Crippen LogP contribution in [0.15, 0.2) is 12.3 Å². The van der Waals surface area contributed by atoms with Crippen molar-refractivity contribution in [2.24, 2.45) is 0 Å². The van der Waals surface area contributed by atoms with Gasteiger partial charge in [0.15, 0.2) is 0 Å². The Hall–Kier alpha value is -1.85. The highest BCUT2D eigenvalue weighted by Crippen LogP contribution is 2.21. The van der Waals surface area contributed by atoms with Crippen LogP contribution in [0, 0.1) is 6.92 Å². The molecule has 0 atom stereocenters. The molecule has 1 aromatic heterocycles. The molecule has 122 valence electrons. The molecule has 0 N–H and O–H groups in total. The standard InChI is InChI=1S/C16H26N4O2/c1-12-6-9-17-14(18-12)19(5)13-7-10-20(11-8-13)15(21)22-16(2,3)4/h6,9,13H,7-8,10-11H2,1-5H3. The number of amides is 1. The van der Waals surface area contributed by atoms with Gasteiger partial charge < -0.3 is 14.5 Å². The normalized spacial score (nSPS) is 16.5. The van der Waals surface area contributed by atoms with E-state index in [0.29, 0.717) is 19.1 Å². The smallest absolute Gasteiger partial charge is 0.410 e. The zero-order valence-corrected chi connectivity index (χ0v) is 14.2. The highest BCUT2D eigenvalue weighted by molar-refractivity contribution is 5.68. The van der Waals surface area contributed by atoms with Crippen molar-refractivity contribution in [2.75, 3.05) is 25.0 Å². The van der Waals surface area contributed by atoms with Crippen molar-refractivity contribution in [2.45, 2.75) is 52.2 Å². The van der Waals surface area contributed by atoms with Gasteiger partial charge in [-0.1, -0.05) is 0 Å². The molecule has 1 aromatic rings. The summed E-state index contributed by atoms with van der Waals surface area (Å²) in [6.45, 7) is 9.04. The molecule has 1 aliphatic rings. The molecule has 6 heteroatoms. The highest BCUT2D eigenvalue weighted by atomic mass is 16.6. The zero-order chi connectivity index (χ0) is 16.3. The van der Waals surface area contributed by atoms with Crippen LogP contribution in [0.5, 0.6) is 0 Å². The molecule has 0 bridgehead atoms. The second-order valence-corrected chi connectivity index (χ2v) is 6.81. The van der Waals surface area contributed by atoms with Gasteiger partial charge in [0.2, 0.25) is 5.95 Å². The topological polar surface area (TPSA) is 58.6 Å². The lowest BCUT2D eigenvalue weighted by molar-refractivity contribution is 0.0205. The van der Waals surface area contributed by atoms with Gasteiger partial charge in [-0.2, -0.15) is 0 Å². The average Bonchev–Trinajstić information content (AvgIpc) is 2.45. The lowest BCUT2D eigenvalue weighted by Gasteiger charge is -2.37. The molecule has 6 nitrogen and oxygen atoms in total. The fourth-order valence-corrected chi connectivity index (χ4v) is 2.53. The van der Waals surface area contributed by atoms with Gasteiger partial charge in [0, 0.05) is 38.1 Å². The van der Waals surface area contributed by atoms with Gasteiger partial charge >= 0.3 is 6.09 Å². The summed E-state index contributed by atoms with van der Waals surface area (Å²) in [7, 11) is 2.02. The third-order valence-electron chi connectivity index (χ3n) is 3.76. The number of ether oxygens (including phenoxy) is 1. The van der Waals surface area contributed by atoms with E-state index in [1.165, 1.54) is 0 Å². The molecular weight excluding hydrogens is 280 g/mol. The minimum Gasteiger partial charge on any atom is -0.444 e. The summed E-state index contributed by atoms with van der Waals surface area (Å²) in [5.74, 6) is 0.746. The Balaban J connectivity index is 1.90. The first-order valence-corrected chi connectivity index (χ1v) is 7.76. The van der Waals surface area contributed by atoms with Gasteiger partial charge in [0.25, 0.3) is 0 Å². The SMILES string of the molecule is Cc1ccnc(N(C)C2CCN(C(=O)OC(C)(C)C)CC2)n1. The van der Waals surface area contributed by atoms with Crippen LogP contribution in [0.2, 0.25) is 0 Å². The molecule has 2 heterocycles. The predicted molar refractivity (Wildman–Crippen MR) is 86.0 cm³/mol. The number of hydrogen-bond donors (Lipinski definition) is 0. The van der Waals surface area contributed by atoms with E-state index in [4.69, 9.17) is 4.74 Å². The summed E-state index contributed by atoms with van der Waals surface area (Å²) < 4.78 is 5.42. The van der Waals surface area contributed by atoms with Gasteiger partial charge in [-0.3, -0.25) is 0 Å². The van der Waals surface area contributed by atoms with Crippen LogP contribution in [0.3, 0.4) is 0 Å². The minimum atomic E-state index is -0.444. The first kappa shape index (κ1) is 16.5. The fraction of sp³-hybridized carbons (Fsp3) is 0.688. The lowest BCUT2D eigenvalue weighted by Crippen LogP contribution is -2.47. The molecule has 1 amide bonds. The van der Waals surface area contributed by atoms with E-state index < -0.39 is 5.60 Å². The predicted octanol–water partition coefficient (Wildman–Crippen LogP) is 2.62. The minimum absolute atomic E-state index is 0.222. The number of aromatic nitrogens is 2. The van der Waals surface area contributed by atoms with E-state index >= 15 is 0 Å². The van der Waals surface area contributed by atoms with Gasteiger partial charge in [0.05, 0.1) is 0 Å². The van der Waals surface area contributed by atoms with Crippen molar-refractivity contribution < 1.29 is 9.53 Å².